The molecular weight excluding hydrogens is 454 g/mol. The Hall–Kier alpha value is -4.19. The van der Waals surface area contributed by atoms with Crippen LogP contribution in [0.1, 0.15) is 26.9 Å². The summed E-state index contributed by atoms with van der Waals surface area (Å²) in [6.07, 6.45) is -2.07. The molecular formula is C24H21N5O6. The molecule has 1 saturated heterocycles. The molecule has 0 saturated carbocycles. The van der Waals surface area contributed by atoms with Gasteiger partial charge in [0.1, 0.15) is 31.2 Å². The highest BCUT2D eigenvalue weighted by Crippen LogP contribution is 2.32. The molecule has 5 rings (SSSR count). The Balaban J connectivity index is 1.32. The number of hydrogen-bond acceptors (Lipinski definition) is 9. The number of hydrogen-bond donors (Lipinski definition) is 3. The van der Waals surface area contributed by atoms with Crippen molar-refractivity contribution in [2.75, 3.05) is 11.9 Å². The first-order valence-corrected chi connectivity index (χ1v) is 10.8. The number of aliphatic hydroxyl groups is 2. The monoisotopic (exact) mass is 475 g/mol. The van der Waals surface area contributed by atoms with Crippen LogP contribution in [0.5, 0.6) is 0 Å². The number of nitrogens with one attached hydrogen (secondary N) is 1. The summed E-state index contributed by atoms with van der Waals surface area (Å²) in [4.78, 5) is 37.3. The minimum atomic E-state index is -1.34. The molecule has 4 atom stereocenters. The number of ether oxygens (including phenoxy) is 2. The Morgan fingerprint density at radius 3 is 2.34 bits per heavy atom. The van der Waals surface area contributed by atoms with Crippen molar-refractivity contribution in [2.45, 2.75) is 24.5 Å². The zero-order valence-corrected chi connectivity index (χ0v) is 18.3. The highest BCUT2D eigenvalue weighted by Gasteiger charge is 2.45. The van der Waals surface area contributed by atoms with Gasteiger partial charge in [-0.3, -0.25) is 9.36 Å². The van der Waals surface area contributed by atoms with Crippen molar-refractivity contribution in [3.63, 3.8) is 0 Å². The molecule has 3 heterocycles. The van der Waals surface area contributed by atoms with Crippen LogP contribution in [0.3, 0.4) is 0 Å². The molecule has 2 aromatic heterocycles. The molecule has 178 valence electrons. The van der Waals surface area contributed by atoms with Crippen LogP contribution in [-0.4, -0.2) is 66.5 Å². The molecule has 35 heavy (non-hydrogen) atoms. The maximum Gasteiger partial charge on any atom is 0.338 e. The predicted molar refractivity (Wildman–Crippen MR) is 122 cm³/mol. The second kappa shape index (κ2) is 9.58. The van der Waals surface area contributed by atoms with Gasteiger partial charge >= 0.3 is 5.97 Å². The van der Waals surface area contributed by atoms with E-state index in [4.69, 9.17) is 9.47 Å². The lowest BCUT2D eigenvalue weighted by Crippen LogP contribution is -2.34. The number of anilines is 1. The zero-order chi connectivity index (χ0) is 24.4. The van der Waals surface area contributed by atoms with E-state index >= 15 is 0 Å². The number of esters is 1. The van der Waals surface area contributed by atoms with E-state index in [0.717, 1.165) is 0 Å². The summed E-state index contributed by atoms with van der Waals surface area (Å²) < 4.78 is 12.5. The smallest absolute Gasteiger partial charge is 0.338 e. The molecule has 11 nitrogen and oxygen atoms in total. The van der Waals surface area contributed by atoms with Crippen molar-refractivity contribution in [2.24, 2.45) is 0 Å². The van der Waals surface area contributed by atoms with Crippen molar-refractivity contribution in [3.8, 4) is 0 Å². The molecule has 3 N–H and O–H groups in total. The van der Waals surface area contributed by atoms with Crippen LogP contribution >= 0.6 is 0 Å². The van der Waals surface area contributed by atoms with Crippen LogP contribution < -0.4 is 5.32 Å². The van der Waals surface area contributed by atoms with Gasteiger partial charge in [0.2, 0.25) is 0 Å². The third-order valence-corrected chi connectivity index (χ3v) is 5.63. The fraction of sp³-hybridized carbons (Fsp3) is 0.208. The van der Waals surface area contributed by atoms with Crippen LogP contribution in [-0.2, 0) is 9.47 Å². The lowest BCUT2D eigenvalue weighted by atomic mass is 10.1. The molecule has 4 aromatic rings. The molecule has 0 unspecified atom stereocenters. The van der Waals surface area contributed by atoms with Crippen LogP contribution in [0.2, 0.25) is 0 Å². The largest absolute Gasteiger partial charge is 0.459 e. The third-order valence-electron chi connectivity index (χ3n) is 5.63. The predicted octanol–water partition coefficient (Wildman–Crippen LogP) is 1.55. The van der Waals surface area contributed by atoms with E-state index in [-0.39, 0.29) is 29.5 Å². The topological polar surface area (TPSA) is 149 Å². The van der Waals surface area contributed by atoms with Crippen molar-refractivity contribution in [1.29, 1.82) is 0 Å². The minimum absolute atomic E-state index is 0.184. The van der Waals surface area contributed by atoms with E-state index < -0.39 is 30.5 Å². The number of nitrogens with zero attached hydrogens (tertiary/aromatic N) is 4. The third kappa shape index (κ3) is 4.47. The summed E-state index contributed by atoms with van der Waals surface area (Å²) >= 11 is 0. The van der Waals surface area contributed by atoms with E-state index in [1.54, 1.807) is 60.7 Å². The number of imidazole rings is 1. The van der Waals surface area contributed by atoms with Gasteiger partial charge in [-0.05, 0) is 24.3 Å². The van der Waals surface area contributed by atoms with Crippen molar-refractivity contribution in [3.05, 3.63) is 84.4 Å². The maximum atomic E-state index is 12.5. The SMILES string of the molecule is O=C(Nc1ncnc2c1ncn2[C@@H]1O[C@H](COC(=O)c2ccccc2)[C@@H](O)[C@H]1O)c1ccccc1. The molecule has 0 spiro atoms. The van der Waals surface area contributed by atoms with Crippen LogP contribution in [0, 0.1) is 0 Å². The van der Waals surface area contributed by atoms with Gasteiger partial charge in [-0.25, -0.2) is 19.7 Å². The fourth-order valence-corrected chi connectivity index (χ4v) is 3.81. The van der Waals surface area contributed by atoms with Gasteiger partial charge in [0.25, 0.3) is 5.91 Å². The highest BCUT2D eigenvalue weighted by atomic mass is 16.6. The Morgan fingerprint density at radius 2 is 1.63 bits per heavy atom. The van der Waals surface area contributed by atoms with E-state index in [9.17, 15) is 19.8 Å². The van der Waals surface area contributed by atoms with Gasteiger partial charge in [0.15, 0.2) is 23.2 Å². The summed E-state index contributed by atoms with van der Waals surface area (Å²) in [5.41, 5.74) is 1.37. The fourth-order valence-electron chi connectivity index (χ4n) is 3.81. The second-order valence-corrected chi connectivity index (χ2v) is 7.88. The number of amides is 1. The first-order chi connectivity index (χ1) is 17.0. The van der Waals surface area contributed by atoms with Gasteiger partial charge < -0.3 is 25.0 Å². The molecule has 0 radical (unpaired) electrons. The molecule has 0 aliphatic carbocycles. The zero-order valence-electron chi connectivity index (χ0n) is 18.3. The average molecular weight is 475 g/mol. The van der Waals surface area contributed by atoms with Gasteiger partial charge in [0, 0.05) is 5.56 Å². The normalized spacial score (nSPS) is 21.7. The Morgan fingerprint density at radius 1 is 0.943 bits per heavy atom. The second-order valence-electron chi connectivity index (χ2n) is 7.88. The molecule has 2 aromatic carbocycles. The Kier molecular flexibility index (Phi) is 6.19. The maximum absolute atomic E-state index is 12.5. The number of carbonyl (C=O) groups excluding carboxylic acids is 2. The first kappa shape index (κ1) is 22.6. The van der Waals surface area contributed by atoms with E-state index in [0.29, 0.717) is 11.1 Å². The number of fused-ring (bicyclic) bond motifs is 1. The summed E-state index contributed by atoms with van der Waals surface area (Å²) in [6, 6.07) is 17.0. The lowest BCUT2D eigenvalue weighted by molar-refractivity contribution is -0.0565. The van der Waals surface area contributed by atoms with E-state index in [1.807, 2.05) is 0 Å². The summed E-state index contributed by atoms with van der Waals surface area (Å²) in [6.45, 7) is -0.261. The number of carbonyl (C=O) groups is 2. The van der Waals surface area contributed by atoms with Crippen LogP contribution in [0.15, 0.2) is 73.3 Å². The summed E-state index contributed by atoms with van der Waals surface area (Å²) in [7, 11) is 0. The lowest BCUT2D eigenvalue weighted by Gasteiger charge is -2.16. The summed E-state index contributed by atoms with van der Waals surface area (Å²) in [5.74, 6) is -0.754. The van der Waals surface area contributed by atoms with Crippen molar-refractivity contribution < 1.29 is 29.3 Å². The van der Waals surface area contributed by atoms with E-state index in [2.05, 4.69) is 20.3 Å². The van der Waals surface area contributed by atoms with E-state index in [1.165, 1.54) is 17.2 Å². The molecule has 11 heteroatoms. The molecule has 1 aliphatic rings. The average Bonchev–Trinajstić information content (AvgIpc) is 3.45. The van der Waals surface area contributed by atoms with Gasteiger partial charge in [-0.15, -0.1) is 0 Å². The van der Waals surface area contributed by atoms with Crippen molar-refractivity contribution in [1.82, 2.24) is 19.5 Å². The molecule has 0 bridgehead atoms. The van der Waals surface area contributed by atoms with Gasteiger partial charge in [0.05, 0.1) is 11.9 Å². The minimum Gasteiger partial charge on any atom is -0.459 e. The number of benzene rings is 2. The Bertz CT molecular complexity index is 1350. The number of aliphatic hydroxyl groups excluding tert-OH is 2. The molecule has 1 aliphatic heterocycles. The molecule has 1 fully saturated rings. The quantitative estimate of drug-likeness (QED) is 0.353. The molecule has 1 amide bonds. The first-order valence-electron chi connectivity index (χ1n) is 10.8. The van der Waals surface area contributed by atoms with Crippen LogP contribution in [0.4, 0.5) is 5.82 Å². The van der Waals surface area contributed by atoms with Gasteiger partial charge in [-0.1, -0.05) is 36.4 Å². The van der Waals surface area contributed by atoms with Crippen molar-refractivity contribution >= 4 is 28.9 Å². The number of aromatic nitrogens is 4. The highest BCUT2D eigenvalue weighted by molar-refractivity contribution is 6.06. The van der Waals surface area contributed by atoms with Crippen LogP contribution in [0.25, 0.3) is 11.2 Å². The number of rotatable bonds is 6. The van der Waals surface area contributed by atoms with Gasteiger partial charge in [-0.2, -0.15) is 0 Å². The Labute approximate surface area is 199 Å². The standard InChI is InChI=1S/C24H21N5O6/c30-18-16(11-34-24(33)15-9-5-2-6-10-15)35-23(19(18)31)29-13-27-17-20(25-12-26-21(17)29)28-22(32)14-7-3-1-4-8-14/h1-10,12-13,16,18-19,23,30-31H,11H2,(H,25,26,28,32)/t16-,18-,19-,23-/m1/s1. The summed E-state index contributed by atoms with van der Waals surface area (Å²) in [5, 5.41) is 23.8.